The number of hydrogen-bond acceptors (Lipinski definition) is 3. The Hall–Kier alpha value is -10.1. The van der Waals surface area contributed by atoms with E-state index >= 15 is 0 Å². The first-order chi connectivity index (χ1) is 35.6. The Morgan fingerprint density at radius 3 is 1.54 bits per heavy atom. The number of para-hydroxylation sites is 2. The highest BCUT2D eigenvalue weighted by molar-refractivity contribution is 6.12. The Kier molecular flexibility index (Phi) is 10.2. The van der Waals surface area contributed by atoms with E-state index in [2.05, 4.69) is 190 Å². The molecular formula is C66H40N6. The zero-order chi connectivity index (χ0) is 48.1. The molecule has 0 radical (unpaired) electrons. The molecule has 3 heterocycles. The third-order valence-corrected chi connectivity index (χ3v) is 13.8. The normalized spacial score (nSPS) is 11.3. The molecule has 6 heteroatoms. The molecule has 0 N–H and O–H groups in total. The maximum absolute atomic E-state index is 9.70. The van der Waals surface area contributed by atoms with Gasteiger partial charge in [0.2, 0.25) is 0 Å². The van der Waals surface area contributed by atoms with Crippen LogP contribution >= 0.6 is 0 Å². The quantitative estimate of drug-likeness (QED) is 0.143. The van der Waals surface area contributed by atoms with Gasteiger partial charge in [-0.05, 0) is 119 Å². The monoisotopic (exact) mass is 916 g/mol. The van der Waals surface area contributed by atoms with Crippen LogP contribution in [-0.2, 0) is 0 Å². The lowest BCUT2D eigenvalue weighted by molar-refractivity contribution is 1.16. The van der Waals surface area contributed by atoms with Gasteiger partial charge in [0.25, 0.3) is 0 Å². The summed E-state index contributed by atoms with van der Waals surface area (Å²) in [6.07, 6.45) is 0. The van der Waals surface area contributed by atoms with Gasteiger partial charge in [0, 0.05) is 49.5 Å². The molecule has 0 fully saturated rings. The lowest BCUT2D eigenvalue weighted by Gasteiger charge is -2.17. The largest absolute Gasteiger partial charge is 0.309 e. The van der Waals surface area contributed by atoms with E-state index in [1.807, 2.05) is 72.8 Å². The van der Waals surface area contributed by atoms with E-state index in [9.17, 15) is 5.26 Å². The lowest BCUT2D eigenvalue weighted by atomic mass is 9.98. The molecule has 3 aromatic heterocycles. The highest BCUT2D eigenvalue weighted by Crippen LogP contribution is 2.42. The number of aromatic nitrogens is 4. The van der Waals surface area contributed by atoms with E-state index in [0.717, 1.165) is 116 Å². The number of nitrogens with zero attached hydrogens (tertiary/aromatic N) is 6. The summed E-state index contributed by atoms with van der Waals surface area (Å²) in [5.74, 6) is 0.631. The molecule has 0 saturated carbocycles. The fraction of sp³-hybridized carbons (Fsp3) is 0. The summed E-state index contributed by atoms with van der Waals surface area (Å²) in [6.45, 7) is 7.68. The summed E-state index contributed by atoms with van der Waals surface area (Å²) in [7, 11) is 0. The van der Waals surface area contributed by atoms with Crippen molar-refractivity contribution in [3.8, 4) is 84.7 Å². The molecule has 0 aliphatic rings. The molecule has 0 saturated heterocycles. The van der Waals surface area contributed by atoms with Crippen LogP contribution in [0.5, 0.6) is 0 Å². The summed E-state index contributed by atoms with van der Waals surface area (Å²) in [5, 5.41) is 14.2. The summed E-state index contributed by atoms with van der Waals surface area (Å²) < 4.78 is 4.74. The summed E-state index contributed by atoms with van der Waals surface area (Å²) in [5.41, 5.74) is 18.4. The SMILES string of the molecule is [C-]#[N+]c1cccc(-c2ccc3c(c2)c2ccccc2n3-c2ccc(-c3nc(-c4ccccc4)cc(-c4ccccc4)n3)cc2-c2cccc(-n3c4ccccc4c4cc(-c5cccc(C#N)c5)ccc43)c2)c1. The molecule has 10 aromatic carbocycles. The van der Waals surface area contributed by atoms with Crippen LogP contribution in [0.25, 0.3) is 127 Å². The van der Waals surface area contributed by atoms with Gasteiger partial charge >= 0.3 is 0 Å². The van der Waals surface area contributed by atoms with Crippen molar-refractivity contribution < 1.29 is 0 Å². The first-order valence-corrected chi connectivity index (χ1v) is 23.9. The van der Waals surface area contributed by atoms with Crippen molar-refractivity contribution in [1.82, 2.24) is 19.1 Å². The van der Waals surface area contributed by atoms with Crippen LogP contribution in [0.4, 0.5) is 5.69 Å². The smallest absolute Gasteiger partial charge is 0.187 e. The fourth-order valence-electron chi connectivity index (χ4n) is 10.4. The van der Waals surface area contributed by atoms with E-state index < -0.39 is 0 Å². The van der Waals surface area contributed by atoms with E-state index in [1.54, 1.807) is 0 Å². The van der Waals surface area contributed by atoms with Crippen LogP contribution in [0.15, 0.2) is 243 Å². The number of fused-ring (bicyclic) bond motifs is 6. The minimum Gasteiger partial charge on any atom is -0.309 e. The van der Waals surface area contributed by atoms with E-state index in [4.69, 9.17) is 16.5 Å². The van der Waals surface area contributed by atoms with E-state index in [0.29, 0.717) is 17.1 Å². The Morgan fingerprint density at radius 2 is 0.889 bits per heavy atom. The van der Waals surface area contributed by atoms with Crippen molar-refractivity contribution in [2.45, 2.75) is 0 Å². The van der Waals surface area contributed by atoms with Crippen molar-refractivity contribution in [1.29, 1.82) is 5.26 Å². The number of benzene rings is 10. The van der Waals surface area contributed by atoms with Crippen molar-refractivity contribution in [2.75, 3.05) is 0 Å². The lowest BCUT2D eigenvalue weighted by Crippen LogP contribution is -2.01. The molecule has 0 aliphatic heterocycles. The van der Waals surface area contributed by atoms with Gasteiger partial charge in [0.1, 0.15) is 0 Å². The number of hydrogen-bond donors (Lipinski definition) is 0. The Balaban J connectivity index is 1.04. The average molecular weight is 917 g/mol. The molecule has 13 aromatic rings. The van der Waals surface area contributed by atoms with Crippen LogP contribution in [0.1, 0.15) is 5.56 Å². The maximum atomic E-state index is 9.70. The molecule has 72 heavy (non-hydrogen) atoms. The third-order valence-electron chi connectivity index (χ3n) is 13.8. The van der Waals surface area contributed by atoms with Gasteiger partial charge < -0.3 is 9.13 Å². The Labute approximate surface area is 416 Å². The van der Waals surface area contributed by atoms with Crippen LogP contribution in [0.3, 0.4) is 0 Å². The minimum absolute atomic E-state index is 0.615. The summed E-state index contributed by atoms with van der Waals surface area (Å²) >= 11 is 0. The van der Waals surface area contributed by atoms with Gasteiger partial charge in [0.05, 0.1) is 57.3 Å². The molecule has 6 nitrogen and oxygen atoms in total. The van der Waals surface area contributed by atoms with Gasteiger partial charge in [-0.1, -0.05) is 152 Å². The minimum atomic E-state index is 0.615. The molecule has 0 bridgehead atoms. The Bertz CT molecular complexity index is 4300. The van der Waals surface area contributed by atoms with Crippen molar-refractivity contribution >= 4 is 49.3 Å². The van der Waals surface area contributed by atoms with Gasteiger partial charge in [-0.25, -0.2) is 14.8 Å². The fourth-order valence-corrected chi connectivity index (χ4v) is 10.4. The van der Waals surface area contributed by atoms with Crippen molar-refractivity contribution in [3.63, 3.8) is 0 Å². The number of rotatable bonds is 8. The van der Waals surface area contributed by atoms with Crippen LogP contribution in [0, 0.1) is 17.9 Å². The average Bonchev–Trinajstić information content (AvgIpc) is 3.97. The highest BCUT2D eigenvalue weighted by atomic mass is 15.0. The molecule has 0 amide bonds. The van der Waals surface area contributed by atoms with Crippen molar-refractivity contribution in [2.24, 2.45) is 0 Å². The topological polar surface area (TPSA) is 63.8 Å². The van der Waals surface area contributed by atoms with Crippen LogP contribution in [-0.4, -0.2) is 19.1 Å². The molecular weight excluding hydrogens is 877 g/mol. The predicted molar refractivity (Wildman–Crippen MR) is 294 cm³/mol. The third kappa shape index (κ3) is 7.27. The first kappa shape index (κ1) is 42.0. The van der Waals surface area contributed by atoms with Crippen LogP contribution in [0.2, 0.25) is 0 Å². The van der Waals surface area contributed by atoms with Gasteiger partial charge in [-0.15, -0.1) is 0 Å². The van der Waals surface area contributed by atoms with Crippen LogP contribution < -0.4 is 0 Å². The summed E-state index contributed by atoms with van der Waals surface area (Å²) in [6, 6.07) is 86.5. The second-order valence-electron chi connectivity index (χ2n) is 18.0. The zero-order valence-electron chi connectivity index (χ0n) is 38.8. The standard InChI is InChI=1S/C66H40N6/c1-68-52-23-13-21-47(36-52)49-30-33-65-58(39-49)55-26-9-11-28-62(55)72(65)63-34-31-51(66-69-59(44-16-4-2-5-17-44)41-60(70-66)45-18-6-3-7-19-45)40-56(63)50-22-14-24-53(37-50)71-61-27-10-8-25-54(61)57-38-48(29-32-64(57)71)46-20-12-15-43(35-46)42-67/h2-41H. The summed E-state index contributed by atoms with van der Waals surface area (Å²) in [4.78, 5) is 14.3. The maximum Gasteiger partial charge on any atom is 0.187 e. The zero-order valence-corrected chi connectivity index (χ0v) is 38.8. The molecule has 0 unspecified atom stereocenters. The molecule has 334 valence electrons. The van der Waals surface area contributed by atoms with Gasteiger partial charge in [0.15, 0.2) is 11.5 Å². The molecule has 0 spiro atoms. The van der Waals surface area contributed by atoms with Crippen molar-refractivity contribution in [3.05, 3.63) is 260 Å². The van der Waals surface area contributed by atoms with Gasteiger partial charge in [-0.3, -0.25) is 0 Å². The van der Waals surface area contributed by atoms with Gasteiger partial charge in [-0.2, -0.15) is 5.26 Å². The second kappa shape index (κ2) is 17.4. The first-order valence-electron chi connectivity index (χ1n) is 23.9. The molecule has 13 rings (SSSR count). The number of nitriles is 1. The Morgan fingerprint density at radius 1 is 0.375 bits per heavy atom. The predicted octanol–water partition coefficient (Wildman–Crippen LogP) is 17.1. The second-order valence-corrected chi connectivity index (χ2v) is 18.0. The molecule has 0 atom stereocenters. The highest BCUT2D eigenvalue weighted by Gasteiger charge is 2.21. The molecule has 0 aliphatic carbocycles. The van der Waals surface area contributed by atoms with E-state index in [1.165, 1.54) is 0 Å². The van der Waals surface area contributed by atoms with E-state index in [-0.39, 0.29) is 0 Å².